The van der Waals surface area contributed by atoms with Crippen LogP contribution in [0.3, 0.4) is 0 Å². The van der Waals surface area contributed by atoms with Gasteiger partial charge in [-0.1, -0.05) is 67.6 Å². The molecule has 25 heavy (non-hydrogen) atoms. The van der Waals surface area contributed by atoms with E-state index in [2.05, 4.69) is 22.1 Å². The van der Waals surface area contributed by atoms with Crippen LogP contribution in [0.25, 0.3) is 17.1 Å². The molecule has 0 saturated heterocycles. The summed E-state index contributed by atoms with van der Waals surface area (Å²) >= 11 is 0. The number of benzene rings is 2. The molecule has 0 radical (unpaired) electrons. The van der Waals surface area contributed by atoms with E-state index >= 15 is 0 Å². The largest absolute Gasteiger partial charge is 0.354 e. The number of hydrogen-bond donors (Lipinski definition) is 1. The minimum Gasteiger partial charge on any atom is -0.354 e. The Morgan fingerprint density at radius 1 is 1.00 bits per heavy atom. The number of nitrogens with zero attached hydrogens (tertiary/aromatic N) is 2. The number of imidazole rings is 1. The fourth-order valence-electron chi connectivity index (χ4n) is 3.10. The molecule has 0 fully saturated rings. The number of rotatable bonds is 4. The Balaban J connectivity index is 1.91. The molecule has 2 aliphatic rings. The average Bonchev–Trinajstić information content (AvgIpc) is 3.00. The van der Waals surface area contributed by atoms with Crippen molar-refractivity contribution in [3.8, 4) is 17.1 Å². The molecule has 4 rings (SSSR count). The Kier molecular flexibility index (Phi) is 3.94. The summed E-state index contributed by atoms with van der Waals surface area (Å²) in [6.07, 6.45) is 3.18. The summed E-state index contributed by atoms with van der Waals surface area (Å²) in [6, 6.07) is 20.3. The van der Waals surface area contributed by atoms with Crippen LogP contribution < -0.4 is 5.56 Å². The highest BCUT2D eigenvalue weighted by Gasteiger charge is 2.19. The zero-order chi connectivity index (χ0) is 17.2. The summed E-state index contributed by atoms with van der Waals surface area (Å²) < 4.78 is 1.68. The van der Waals surface area contributed by atoms with Crippen LogP contribution >= 0.6 is 0 Å². The van der Waals surface area contributed by atoms with Gasteiger partial charge in [0.2, 0.25) is 0 Å². The predicted molar refractivity (Wildman–Crippen MR) is 99.4 cm³/mol. The number of hydrogen-bond acceptors (Lipinski definition) is 2. The van der Waals surface area contributed by atoms with Gasteiger partial charge in [0.1, 0.15) is 5.69 Å². The molecule has 0 amide bonds. The normalized spacial score (nSPS) is 11.1. The molecule has 124 valence electrons. The minimum atomic E-state index is -0.0296. The van der Waals surface area contributed by atoms with Crippen LogP contribution in [-0.2, 0) is 12.8 Å². The predicted octanol–water partition coefficient (Wildman–Crippen LogP) is 3.82. The standard InChI is InChI=1S/C21H19N3O/c1-2-17-21(25)24-14-19(16-11-7-4-8-12-16)22-18(20(24)23-17)13-15-9-5-3-6-10-15/h3-12,14,22H,2,13H2,1H3. The quantitative estimate of drug-likeness (QED) is 0.619. The lowest BCUT2D eigenvalue weighted by molar-refractivity contribution is 0.914. The molecule has 2 aromatic rings. The molecule has 4 heteroatoms. The van der Waals surface area contributed by atoms with Crippen molar-refractivity contribution >= 4 is 0 Å². The van der Waals surface area contributed by atoms with Gasteiger partial charge >= 0.3 is 0 Å². The fraction of sp³-hybridized carbons (Fsp3) is 0.143. The van der Waals surface area contributed by atoms with Crippen LogP contribution in [0.1, 0.15) is 23.9 Å². The number of aromatic nitrogens is 3. The van der Waals surface area contributed by atoms with E-state index in [0.29, 0.717) is 24.4 Å². The molecule has 2 heterocycles. The van der Waals surface area contributed by atoms with Crippen molar-refractivity contribution < 1.29 is 0 Å². The summed E-state index contributed by atoms with van der Waals surface area (Å²) in [7, 11) is 0. The third-order valence-electron chi connectivity index (χ3n) is 4.39. The summed E-state index contributed by atoms with van der Waals surface area (Å²) in [5.74, 6) is 0.713. The van der Waals surface area contributed by atoms with Gasteiger partial charge in [0.05, 0.1) is 11.4 Å². The lowest BCUT2D eigenvalue weighted by Crippen LogP contribution is -2.17. The Morgan fingerprint density at radius 3 is 2.36 bits per heavy atom. The van der Waals surface area contributed by atoms with Crippen molar-refractivity contribution in [1.82, 2.24) is 14.5 Å². The highest BCUT2D eigenvalue weighted by atomic mass is 16.1. The third kappa shape index (κ3) is 2.87. The van der Waals surface area contributed by atoms with Gasteiger partial charge in [-0.25, -0.2) is 4.98 Å². The van der Waals surface area contributed by atoms with Crippen molar-refractivity contribution in [3.05, 3.63) is 94.2 Å². The van der Waals surface area contributed by atoms with E-state index < -0.39 is 0 Å². The number of aryl methyl sites for hydroxylation is 1. The molecular weight excluding hydrogens is 310 g/mol. The maximum absolute atomic E-state index is 12.6. The third-order valence-corrected chi connectivity index (χ3v) is 4.39. The van der Waals surface area contributed by atoms with Gasteiger partial charge < -0.3 is 4.98 Å². The average molecular weight is 329 g/mol. The first-order valence-corrected chi connectivity index (χ1v) is 8.48. The van der Waals surface area contributed by atoms with E-state index in [0.717, 1.165) is 17.0 Å². The zero-order valence-electron chi connectivity index (χ0n) is 14.1. The number of aromatic amines is 1. The van der Waals surface area contributed by atoms with Gasteiger partial charge in [-0.2, -0.15) is 0 Å². The zero-order valence-corrected chi connectivity index (χ0v) is 14.1. The van der Waals surface area contributed by atoms with Crippen LogP contribution in [0.5, 0.6) is 0 Å². The van der Waals surface area contributed by atoms with E-state index in [1.807, 2.05) is 61.7 Å². The Labute approximate surface area is 146 Å². The second kappa shape index (κ2) is 6.40. The number of H-pyrrole nitrogens is 1. The van der Waals surface area contributed by atoms with Gasteiger partial charge in [-0.05, 0) is 17.5 Å². The molecular formula is C21H19N3O. The first kappa shape index (κ1) is 15.4. The minimum absolute atomic E-state index is 0.0296. The highest BCUT2D eigenvalue weighted by Crippen LogP contribution is 2.23. The van der Waals surface area contributed by atoms with E-state index in [-0.39, 0.29) is 5.56 Å². The topological polar surface area (TPSA) is 50.7 Å². The van der Waals surface area contributed by atoms with Crippen LogP contribution in [0.2, 0.25) is 0 Å². The molecule has 0 saturated carbocycles. The molecule has 4 nitrogen and oxygen atoms in total. The molecule has 1 N–H and O–H groups in total. The van der Waals surface area contributed by atoms with Crippen LogP contribution in [0.4, 0.5) is 0 Å². The van der Waals surface area contributed by atoms with Crippen molar-refractivity contribution in [2.24, 2.45) is 0 Å². The van der Waals surface area contributed by atoms with Crippen molar-refractivity contribution in [2.45, 2.75) is 19.8 Å². The molecule has 2 aromatic carbocycles. The molecule has 0 aliphatic carbocycles. The van der Waals surface area contributed by atoms with E-state index in [1.165, 1.54) is 5.56 Å². The van der Waals surface area contributed by atoms with Gasteiger partial charge in [-0.15, -0.1) is 0 Å². The molecule has 0 unspecified atom stereocenters. The number of fused-ring (bicyclic) bond motifs is 1. The van der Waals surface area contributed by atoms with Gasteiger partial charge in [0.25, 0.3) is 5.56 Å². The molecule has 0 atom stereocenters. The van der Waals surface area contributed by atoms with Crippen molar-refractivity contribution in [2.75, 3.05) is 0 Å². The van der Waals surface area contributed by atoms with Gasteiger partial charge in [-0.3, -0.25) is 9.36 Å². The number of nitrogens with one attached hydrogen (secondary N) is 1. The van der Waals surface area contributed by atoms with Crippen LogP contribution in [0.15, 0.2) is 71.7 Å². The fourth-order valence-corrected chi connectivity index (χ4v) is 3.10. The molecule has 0 spiro atoms. The summed E-state index contributed by atoms with van der Waals surface area (Å²) in [5, 5.41) is 0. The lowest BCUT2D eigenvalue weighted by Gasteiger charge is -2.13. The molecule has 2 aliphatic heterocycles. The van der Waals surface area contributed by atoms with Crippen LogP contribution in [0, 0.1) is 0 Å². The maximum atomic E-state index is 12.6. The highest BCUT2D eigenvalue weighted by molar-refractivity contribution is 5.60. The summed E-state index contributed by atoms with van der Waals surface area (Å²) in [4.78, 5) is 20.7. The van der Waals surface area contributed by atoms with E-state index in [4.69, 9.17) is 0 Å². The molecule has 0 bridgehead atoms. The first-order chi connectivity index (χ1) is 12.3. The second-order valence-electron chi connectivity index (χ2n) is 6.09. The molecule has 0 aromatic heterocycles. The van der Waals surface area contributed by atoms with Gasteiger partial charge in [0.15, 0.2) is 5.82 Å². The van der Waals surface area contributed by atoms with Crippen LogP contribution in [-0.4, -0.2) is 14.5 Å². The van der Waals surface area contributed by atoms with E-state index in [1.54, 1.807) is 4.57 Å². The van der Waals surface area contributed by atoms with Crippen molar-refractivity contribution in [1.29, 1.82) is 0 Å². The Hall–Kier alpha value is -3.14. The van der Waals surface area contributed by atoms with Crippen molar-refractivity contribution in [3.63, 3.8) is 0 Å². The van der Waals surface area contributed by atoms with E-state index in [9.17, 15) is 4.79 Å². The summed E-state index contributed by atoms with van der Waals surface area (Å²) in [5.41, 5.74) is 4.66. The smallest absolute Gasteiger partial charge is 0.278 e. The Bertz CT molecular complexity index is 1020. The lowest BCUT2D eigenvalue weighted by atomic mass is 10.1. The monoisotopic (exact) mass is 329 g/mol. The second-order valence-corrected chi connectivity index (χ2v) is 6.09. The SMILES string of the molecule is CCc1nc2c(Cc3ccccc3)[nH]c(-c3ccccc3)cn-2c1=O. The maximum Gasteiger partial charge on any atom is 0.278 e. The first-order valence-electron chi connectivity index (χ1n) is 8.48. The van der Waals surface area contributed by atoms with Gasteiger partial charge in [0, 0.05) is 12.6 Å². The summed E-state index contributed by atoms with van der Waals surface area (Å²) in [6.45, 7) is 1.96. The Morgan fingerprint density at radius 2 is 1.68 bits per heavy atom.